The number of carbonyl (C=O) groups excluding carboxylic acids is 2. The molecule has 1 saturated heterocycles. The van der Waals surface area contributed by atoms with Gasteiger partial charge in [0.2, 0.25) is 5.91 Å². The molecule has 0 aliphatic carbocycles. The van der Waals surface area contributed by atoms with E-state index in [9.17, 15) is 9.59 Å². The van der Waals surface area contributed by atoms with Crippen LogP contribution in [-0.2, 0) is 4.79 Å². The second-order valence-corrected chi connectivity index (χ2v) is 9.68. The minimum atomic E-state index is -0.540. The molecule has 1 heterocycles. The lowest BCUT2D eigenvalue weighted by atomic mass is 10.0. The van der Waals surface area contributed by atoms with Crippen molar-refractivity contribution < 1.29 is 9.59 Å². The molecule has 2 aromatic rings. The van der Waals surface area contributed by atoms with Crippen LogP contribution in [0, 0.1) is 19.8 Å². The van der Waals surface area contributed by atoms with Crippen molar-refractivity contribution >= 4 is 17.5 Å². The first-order valence-electron chi connectivity index (χ1n) is 12.5. The molecule has 1 aliphatic rings. The third kappa shape index (κ3) is 7.32. The van der Waals surface area contributed by atoms with Crippen LogP contribution < -0.4 is 15.5 Å². The van der Waals surface area contributed by atoms with Crippen LogP contribution in [0.2, 0.25) is 0 Å². The molecule has 0 saturated carbocycles. The Labute approximate surface area is 204 Å². The first-order valence-corrected chi connectivity index (χ1v) is 12.5. The highest BCUT2D eigenvalue weighted by Gasteiger charge is 2.25. The van der Waals surface area contributed by atoms with Crippen LogP contribution in [0.1, 0.15) is 48.2 Å². The van der Waals surface area contributed by atoms with Crippen LogP contribution in [0.4, 0.5) is 5.69 Å². The molecule has 1 atom stereocenters. The van der Waals surface area contributed by atoms with E-state index in [0.29, 0.717) is 12.1 Å². The predicted molar refractivity (Wildman–Crippen MR) is 139 cm³/mol. The second kappa shape index (κ2) is 12.6. The topological polar surface area (TPSA) is 64.7 Å². The quantitative estimate of drug-likeness (QED) is 0.526. The smallest absolute Gasteiger partial charge is 0.252 e. The van der Waals surface area contributed by atoms with Gasteiger partial charge in [-0.1, -0.05) is 44.2 Å². The van der Waals surface area contributed by atoms with Gasteiger partial charge in [-0.2, -0.15) is 0 Å². The molecule has 2 amide bonds. The normalized spacial score (nSPS) is 15.3. The fourth-order valence-corrected chi connectivity index (χ4v) is 4.42. The van der Waals surface area contributed by atoms with Crippen molar-refractivity contribution in [1.82, 2.24) is 15.5 Å². The summed E-state index contributed by atoms with van der Waals surface area (Å²) < 4.78 is 0. The Morgan fingerprint density at radius 1 is 0.941 bits per heavy atom. The van der Waals surface area contributed by atoms with Gasteiger partial charge in [-0.15, -0.1) is 0 Å². The first kappa shape index (κ1) is 25.8. The molecule has 0 radical (unpaired) electrons. The molecule has 2 N–H and O–H groups in total. The minimum Gasteiger partial charge on any atom is -0.369 e. The largest absolute Gasteiger partial charge is 0.369 e. The summed E-state index contributed by atoms with van der Waals surface area (Å²) in [7, 11) is 0. The monoisotopic (exact) mass is 464 g/mol. The van der Waals surface area contributed by atoms with Crippen molar-refractivity contribution in [2.45, 2.75) is 46.6 Å². The lowest BCUT2D eigenvalue weighted by Crippen LogP contribution is -2.50. The SMILES string of the molecule is Cc1cccc(N2CCN(CCCCNC(=O)C(NC(=O)c3ccccc3C)C(C)C)CC2)c1. The Bertz CT molecular complexity index is 951. The van der Waals surface area contributed by atoms with E-state index in [1.165, 1.54) is 11.3 Å². The number of rotatable bonds is 10. The maximum absolute atomic E-state index is 12.8. The molecule has 1 fully saturated rings. The van der Waals surface area contributed by atoms with Gasteiger partial charge in [0.25, 0.3) is 5.91 Å². The highest BCUT2D eigenvalue weighted by Crippen LogP contribution is 2.18. The molecule has 0 aromatic heterocycles. The van der Waals surface area contributed by atoms with Crippen molar-refractivity contribution in [3.63, 3.8) is 0 Å². The Morgan fingerprint density at radius 3 is 2.35 bits per heavy atom. The van der Waals surface area contributed by atoms with Crippen LogP contribution in [0.15, 0.2) is 48.5 Å². The summed E-state index contributed by atoms with van der Waals surface area (Å²) in [4.78, 5) is 30.4. The van der Waals surface area contributed by atoms with E-state index in [1.54, 1.807) is 6.07 Å². The minimum absolute atomic E-state index is 0.0117. The first-order chi connectivity index (χ1) is 16.3. The fourth-order valence-electron chi connectivity index (χ4n) is 4.42. The summed E-state index contributed by atoms with van der Waals surface area (Å²) in [6, 6.07) is 15.6. The summed E-state index contributed by atoms with van der Waals surface area (Å²) in [5, 5.41) is 5.95. The van der Waals surface area contributed by atoms with E-state index in [-0.39, 0.29) is 17.7 Å². The molecule has 1 aliphatic heterocycles. The molecule has 34 heavy (non-hydrogen) atoms. The van der Waals surface area contributed by atoms with Gasteiger partial charge in [-0.25, -0.2) is 0 Å². The Morgan fingerprint density at radius 2 is 1.68 bits per heavy atom. The van der Waals surface area contributed by atoms with E-state index in [4.69, 9.17) is 0 Å². The van der Waals surface area contributed by atoms with E-state index < -0.39 is 6.04 Å². The summed E-state index contributed by atoms with van der Waals surface area (Å²) in [6.45, 7) is 13.9. The fraction of sp³-hybridized carbons (Fsp3) is 0.500. The molecule has 3 rings (SSSR count). The van der Waals surface area contributed by atoms with Crippen LogP contribution in [0.3, 0.4) is 0 Å². The van der Waals surface area contributed by atoms with Crippen LogP contribution in [-0.4, -0.2) is 62.0 Å². The number of hydrogen-bond donors (Lipinski definition) is 2. The standard InChI is InChI=1S/C28H40N4O2/c1-21(2)26(30-27(33)25-13-6-5-11-23(25)4)28(34)29-14-7-8-15-31-16-18-32(19-17-31)24-12-9-10-22(3)20-24/h5-6,9-13,20-21,26H,7-8,14-19H2,1-4H3,(H,29,34)(H,30,33). The van der Waals surface area contributed by atoms with Gasteiger partial charge < -0.3 is 15.5 Å². The summed E-state index contributed by atoms with van der Waals surface area (Å²) in [6.07, 6.45) is 1.98. The molecular weight excluding hydrogens is 424 g/mol. The van der Waals surface area contributed by atoms with Crippen molar-refractivity contribution in [3.05, 3.63) is 65.2 Å². The highest BCUT2D eigenvalue weighted by atomic mass is 16.2. The molecule has 2 aromatic carbocycles. The highest BCUT2D eigenvalue weighted by molar-refractivity contribution is 5.98. The van der Waals surface area contributed by atoms with Gasteiger partial charge in [-0.05, 0) is 68.5 Å². The van der Waals surface area contributed by atoms with E-state index in [0.717, 1.165) is 51.1 Å². The maximum atomic E-state index is 12.8. The van der Waals surface area contributed by atoms with E-state index >= 15 is 0 Å². The van der Waals surface area contributed by atoms with Crippen LogP contribution in [0.5, 0.6) is 0 Å². The molecule has 6 heteroatoms. The maximum Gasteiger partial charge on any atom is 0.252 e. The number of nitrogens with one attached hydrogen (secondary N) is 2. The lowest BCUT2D eigenvalue weighted by Gasteiger charge is -2.36. The lowest BCUT2D eigenvalue weighted by molar-refractivity contribution is -0.123. The zero-order valence-electron chi connectivity index (χ0n) is 21.1. The molecule has 0 bridgehead atoms. The third-order valence-electron chi connectivity index (χ3n) is 6.56. The Hall–Kier alpha value is -2.86. The van der Waals surface area contributed by atoms with Crippen molar-refractivity contribution in [1.29, 1.82) is 0 Å². The predicted octanol–water partition coefficient (Wildman–Crippen LogP) is 3.78. The molecule has 1 unspecified atom stereocenters. The number of hydrogen-bond acceptors (Lipinski definition) is 4. The van der Waals surface area contributed by atoms with Crippen molar-refractivity contribution in [3.8, 4) is 0 Å². The number of nitrogens with zero attached hydrogens (tertiary/aromatic N) is 2. The average molecular weight is 465 g/mol. The van der Waals surface area contributed by atoms with Crippen molar-refractivity contribution in [2.75, 3.05) is 44.2 Å². The van der Waals surface area contributed by atoms with Gasteiger partial charge in [-0.3, -0.25) is 14.5 Å². The van der Waals surface area contributed by atoms with Gasteiger partial charge >= 0.3 is 0 Å². The number of amides is 2. The summed E-state index contributed by atoms with van der Waals surface area (Å²) in [5.74, 6) is -0.293. The number of unbranched alkanes of at least 4 members (excludes halogenated alkanes) is 1. The molecule has 184 valence electrons. The number of anilines is 1. The average Bonchev–Trinajstić information content (AvgIpc) is 2.82. The number of piperazine rings is 1. The van der Waals surface area contributed by atoms with Crippen molar-refractivity contribution in [2.24, 2.45) is 5.92 Å². The second-order valence-electron chi connectivity index (χ2n) is 9.68. The zero-order chi connectivity index (χ0) is 24.5. The van der Waals surface area contributed by atoms with Gasteiger partial charge in [0.15, 0.2) is 0 Å². The van der Waals surface area contributed by atoms with Gasteiger partial charge in [0, 0.05) is 44.0 Å². The summed E-state index contributed by atoms with van der Waals surface area (Å²) in [5.41, 5.74) is 4.14. The third-order valence-corrected chi connectivity index (χ3v) is 6.56. The van der Waals surface area contributed by atoms with Crippen LogP contribution >= 0.6 is 0 Å². The summed E-state index contributed by atoms with van der Waals surface area (Å²) >= 11 is 0. The molecule has 0 spiro atoms. The molecular formula is C28H40N4O2. The van der Waals surface area contributed by atoms with Gasteiger partial charge in [0.1, 0.15) is 6.04 Å². The Kier molecular flexibility index (Phi) is 9.52. The number of carbonyl (C=O) groups is 2. The zero-order valence-corrected chi connectivity index (χ0v) is 21.1. The van der Waals surface area contributed by atoms with Gasteiger partial charge in [0.05, 0.1) is 0 Å². The van der Waals surface area contributed by atoms with E-state index in [1.807, 2.05) is 39.0 Å². The number of benzene rings is 2. The van der Waals surface area contributed by atoms with E-state index in [2.05, 4.69) is 51.6 Å². The Balaban J connectivity index is 1.35. The molecule has 6 nitrogen and oxygen atoms in total. The van der Waals surface area contributed by atoms with Crippen LogP contribution in [0.25, 0.3) is 0 Å². The number of aryl methyl sites for hydroxylation is 2.